The molecule has 3 aromatic carbocycles. The van der Waals surface area contributed by atoms with Gasteiger partial charge in [-0.3, -0.25) is 9.59 Å². The van der Waals surface area contributed by atoms with Gasteiger partial charge in [-0.1, -0.05) is 18.2 Å². The van der Waals surface area contributed by atoms with E-state index in [0.717, 1.165) is 11.6 Å². The van der Waals surface area contributed by atoms with Gasteiger partial charge in [-0.05, 0) is 79.6 Å². The maximum absolute atomic E-state index is 13.5. The van der Waals surface area contributed by atoms with Gasteiger partial charge in [-0.25, -0.2) is 15.0 Å². The largest absolute Gasteiger partial charge is 0.492 e. The molecule has 5 aromatic rings. The molecule has 0 bridgehead atoms. The highest BCUT2D eigenvalue weighted by atomic mass is 19.4. The number of benzene rings is 3. The topological polar surface area (TPSA) is 168 Å². The van der Waals surface area contributed by atoms with Crippen molar-refractivity contribution in [1.82, 2.24) is 25.3 Å². The average Bonchev–Trinajstić information content (AvgIpc) is 3.99. The smallest absolute Gasteiger partial charge is 0.442 e. The van der Waals surface area contributed by atoms with Gasteiger partial charge in [0, 0.05) is 47.2 Å². The van der Waals surface area contributed by atoms with Crippen LogP contribution in [0.5, 0.6) is 5.75 Å². The number of rotatable bonds is 15. The van der Waals surface area contributed by atoms with Crippen molar-refractivity contribution in [3.63, 3.8) is 0 Å². The number of nitrogens with one attached hydrogen (secondary N) is 4. The third-order valence-corrected chi connectivity index (χ3v) is 8.12. The maximum atomic E-state index is 13.5. The van der Waals surface area contributed by atoms with E-state index in [1.807, 2.05) is 6.92 Å². The second kappa shape index (κ2) is 16.2. The molecule has 274 valence electrons. The number of unbranched alkanes of at least 4 members (excludes halogenated alkanes) is 1. The van der Waals surface area contributed by atoms with Crippen LogP contribution >= 0.6 is 0 Å². The first kappa shape index (κ1) is 36.9. The van der Waals surface area contributed by atoms with Gasteiger partial charge in [0.25, 0.3) is 5.91 Å². The van der Waals surface area contributed by atoms with Crippen LogP contribution in [0.3, 0.4) is 0 Å². The fourth-order valence-electron chi connectivity index (χ4n) is 5.22. The number of carbonyl (C=O) groups is 2. The number of pyridine rings is 1. The predicted octanol–water partition coefficient (Wildman–Crippen LogP) is 7.46. The molecule has 0 spiro atoms. The van der Waals surface area contributed by atoms with Gasteiger partial charge in [-0.2, -0.15) is 18.2 Å². The fraction of sp³-hybridized carbons (Fsp3) is 0.211. The minimum atomic E-state index is -4.71. The SMILES string of the molecule is C#CCCCC(=O)NCCOc1ccc(Nc2ncnc(-c3cccnc3Nc3cc(NC(=O)c4cccc(C5(C(F)(F)F)N=N5)c4)ccc3C)n2)cc1. The first-order valence-corrected chi connectivity index (χ1v) is 16.7. The van der Waals surface area contributed by atoms with E-state index in [9.17, 15) is 22.8 Å². The fourth-order valence-corrected chi connectivity index (χ4v) is 5.22. The Morgan fingerprint density at radius 3 is 2.48 bits per heavy atom. The number of nitrogens with zero attached hydrogens (tertiary/aromatic N) is 6. The van der Waals surface area contributed by atoms with Crippen molar-refractivity contribution in [2.24, 2.45) is 10.2 Å². The lowest BCUT2D eigenvalue weighted by atomic mass is 10.00. The predicted molar refractivity (Wildman–Crippen MR) is 195 cm³/mol. The maximum Gasteiger partial charge on any atom is 0.442 e. The van der Waals surface area contributed by atoms with E-state index in [4.69, 9.17) is 11.2 Å². The molecule has 16 heteroatoms. The number of aryl methyl sites for hydroxylation is 1. The van der Waals surface area contributed by atoms with Crippen molar-refractivity contribution < 1.29 is 27.5 Å². The summed E-state index contributed by atoms with van der Waals surface area (Å²) in [6.45, 7) is 2.54. The summed E-state index contributed by atoms with van der Waals surface area (Å²) in [5.41, 5.74) is 0.229. The molecule has 1 aliphatic rings. The lowest BCUT2D eigenvalue weighted by Crippen LogP contribution is -2.30. The molecule has 2 amide bonds. The van der Waals surface area contributed by atoms with Crippen LogP contribution in [-0.4, -0.2) is 51.1 Å². The van der Waals surface area contributed by atoms with E-state index < -0.39 is 17.7 Å². The van der Waals surface area contributed by atoms with Crippen LogP contribution in [0, 0.1) is 19.3 Å². The Balaban J connectivity index is 1.09. The molecule has 1 aliphatic heterocycles. The quantitative estimate of drug-likeness (QED) is 0.0630. The van der Waals surface area contributed by atoms with Crippen LogP contribution in [0.1, 0.15) is 40.7 Å². The third-order valence-electron chi connectivity index (χ3n) is 8.12. The number of anilines is 5. The van der Waals surface area contributed by atoms with Crippen molar-refractivity contribution in [2.45, 2.75) is 38.0 Å². The number of terminal acetylenes is 1. The van der Waals surface area contributed by atoms with Crippen LogP contribution in [0.25, 0.3) is 11.4 Å². The Kier molecular flexibility index (Phi) is 11.1. The van der Waals surface area contributed by atoms with Crippen LogP contribution < -0.4 is 26.0 Å². The van der Waals surface area contributed by atoms with E-state index in [0.29, 0.717) is 72.4 Å². The zero-order valence-electron chi connectivity index (χ0n) is 28.8. The Morgan fingerprint density at radius 2 is 1.72 bits per heavy atom. The summed E-state index contributed by atoms with van der Waals surface area (Å²) in [7, 11) is 0. The molecule has 0 unspecified atom stereocenters. The second-order valence-corrected chi connectivity index (χ2v) is 12.0. The molecule has 0 atom stereocenters. The van der Waals surface area contributed by atoms with Gasteiger partial charge in [0.2, 0.25) is 11.9 Å². The standard InChI is InChI=1S/C38H33F3N10O3/c1-3-4-5-11-32(52)42-19-20-54-29-16-14-27(15-17-29)47-36-45-23-44-34(49-36)30-10-7-18-43-33(30)48-31-22-28(13-12-24(31)2)46-35(53)25-8-6-9-26(21-25)37(50-51-37)38(39,40)41/h1,6-10,12-18,21-23H,4-5,11,19-20H2,2H3,(H,42,52)(H,43,48)(H,46,53)(H,44,45,47,49). The monoisotopic (exact) mass is 734 g/mol. The normalized spacial score (nSPS) is 12.6. The zero-order valence-corrected chi connectivity index (χ0v) is 28.8. The van der Waals surface area contributed by atoms with E-state index in [-0.39, 0.29) is 23.0 Å². The molecule has 6 rings (SSSR count). The summed E-state index contributed by atoms with van der Waals surface area (Å²) in [6.07, 6.45) is 5.07. The van der Waals surface area contributed by atoms with Crippen molar-refractivity contribution in [1.29, 1.82) is 0 Å². The molecule has 0 aliphatic carbocycles. The molecule has 2 aromatic heterocycles. The number of aromatic nitrogens is 4. The highest BCUT2D eigenvalue weighted by Crippen LogP contribution is 2.52. The number of hydrogen-bond donors (Lipinski definition) is 4. The number of hydrogen-bond acceptors (Lipinski definition) is 11. The lowest BCUT2D eigenvalue weighted by Gasteiger charge is -2.16. The van der Waals surface area contributed by atoms with Gasteiger partial charge in [0.05, 0.1) is 12.1 Å². The summed E-state index contributed by atoms with van der Waals surface area (Å²) < 4.78 is 46.3. The molecular formula is C38H33F3N10O3. The number of carbonyl (C=O) groups excluding carboxylic acids is 2. The second-order valence-electron chi connectivity index (χ2n) is 12.0. The van der Waals surface area contributed by atoms with Crippen molar-refractivity contribution in [3.05, 3.63) is 108 Å². The Morgan fingerprint density at radius 1 is 0.926 bits per heavy atom. The Bertz CT molecular complexity index is 2220. The van der Waals surface area contributed by atoms with Crippen LogP contribution in [0.15, 0.2) is 102 Å². The first-order chi connectivity index (χ1) is 26.0. The molecule has 3 heterocycles. The summed E-state index contributed by atoms with van der Waals surface area (Å²) in [6, 6.07) is 21.0. The molecule has 0 saturated heterocycles. The molecule has 0 fully saturated rings. The highest BCUT2D eigenvalue weighted by molar-refractivity contribution is 6.04. The van der Waals surface area contributed by atoms with Gasteiger partial charge >= 0.3 is 11.8 Å². The van der Waals surface area contributed by atoms with E-state index in [1.54, 1.807) is 60.8 Å². The minimum absolute atomic E-state index is 0.0181. The van der Waals surface area contributed by atoms with Crippen LogP contribution in [-0.2, 0) is 10.5 Å². The van der Waals surface area contributed by atoms with Crippen molar-refractivity contribution >= 4 is 40.6 Å². The molecule has 0 radical (unpaired) electrons. The van der Waals surface area contributed by atoms with Crippen LogP contribution in [0.2, 0.25) is 0 Å². The summed E-state index contributed by atoms with van der Waals surface area (Å²) >= 11 is 0. The zero-order chi connectivity index (χ0) is 38.1. The molecule has 13 nitrogen and oxygen atoms in total. The van der Waals surface area contributed by atoms with Crippen LogP contribution in [0.4, 0.5) is 42.0 Å². The Labute approximate surface area is 307 Å². The summed E-state index contributed by atoms with van der Waals surface area (Å²) in [5.74, 6) is 3.50. The number of halogens is 3. The molecule has 4 N–H and O–H groups in total. The van der Waals surface area contributed by atoms with E-state index >= 15 is 0 Å². The van der Waals surface area contributed by atoms with Crippen molar-refractivity contribution in [3.8, 4) is 29.5 Å². The average molecular weight is 735 g/mol. The van der Waals surface area contributed by atoms with Gasteiger partial charge in [-0.15, -0.1) is 22.6 Å². The third kappa shape index (κ3) is 8.94. The first-order valence-electron chi connectivity index (χ1n) is 16.7. The van der Waals surface area contributed by atoms with E-state index in [1.165, 1.54) is 24.5 Å². The summed E-state index contributed by atoms with van der Waals surface area (Å²) in [4.78, 5) is 42.6. The van der Waals surface area contributed by atoms with E-state index in [2.05, 4.69) is 57.4 Å². The lowest BCUT2D eigenvalue weighted by molar-refractivity contribution is -0.166. The molecular weight excluding hydrogens is 701 g/mol. The number of alkyl halides is 3. The highest BCUT2D eigenvalue weighted by Gasteiger charge is 2.65. The minimum Gasteiger partial charge on any atom is -0.492 e. The van der Waals surface area contributed by atoms with Gasteiger partial charge < -0.3 is 26.0 Å². The van der Waals surface area contributed by atoms with Gasteiger partial charge in [0.1, 0.15) is 24.5 Å². The number of ether oxygens (including phenoxy) is 1. The van der Waals surface area contributed by atoms with Crippen molar-refractivity contribution in [2.75, 3.05) is 29.1 Å². The molecule has 0 saturated carbocycles. The number of amides is 2. The Hall–Kier alpha value is -6.89. The van der Waals surface area contributed by atoms with Gasteiger partial charge in [0.15, 0.2) is 5.82 Å². The summed E-state index contributed by atoms with van der Waals surface area (Å²) in [5, 5.41) is 18.4. The molecule has 54 heavy (non-hydrogen) atoms.